The molecule has 4 heteroatoms. The normalized spacial score (nSPS) is 13.0. The fourth-order valence-electron chi connectivity index (χ4n) is 0.808. The fraction of sp³-hybridized carbons (Fsp3) is 0.429. The van der Waals surface area contributed by atoms with Gasteiger partial charge >= 0.3 is 0 Å². The van der Waals surface area contributed by atoms with Crippen molar-refractivity contribution in [1.82, 2.24) is 9.97 Å². The smallest absolute Gasteiger partial charge is 0.147 e. The molecule has 3 nitrogen and oxygen atoms in total. The summed E-state index contributed by atoms with van der Waals surface area (Å²) < 4.78 is 0. The summed E-state index contributed by atoms with van der Waals surface area (Å²) in [7, 11) is 0. The summed E-state index contributed by atoms with van der Waals surface area (Å²) in [5, 5.41) is 0.420. The monoisotopic (exact) mass is 171 g/mol. The number of nitrogens with two attached hydrogens (primary N) is 1. The summed E-state index contributed by atoms with van der Waals surface area (Å²) in [6, 6.07) is 0.0998. The van der Waals surface area contributed by atoms with E-state index in [1.165, 1.54) is 6.20 Å². The summed E-state index contributed by atoms with van der Waals surface area (Å²) in [5.41, 5.74) is 6.40. The molecular weight excluding hydrogens is 162 g/mol. The van der Waals surface area contributed by atoms with Gasteiger partial charge in [-0.25, -0.2) is 4.98 Å². The second kappa shape index (κ2) is 3.64. The zero-order chi connectivity index (χ0) is 8.27. The van der Waals surface area contributed by atoms with Crippen molar-refractivity contribution < 1.29 is 0 Å². The molecule has 1 heterocycles. The van der Waals surface area contributed by atoms with Crippen LogP contribution in [0, 0.1) is 0 Å². The number of hydrogen-bond donors (Lipinski definition) is 1. The van der Waals surface area contributed by atoms with Gasteiger partial charge in [-0.3, -0.25) is 4.98 Å². The molecule has 0 aromatic carbocycles. The van der Waals surface area contributed by atoms with Crippen molar-refractivity contribution in [3.63, 3.8) is 0 Å². The molecule has 0 saturated heterocycles. The molecule has 0 aliphatic rings. The van der Waals surface area contributed by atoms with Gasteiger partial charge in [0, 0.05) is 18.7 Å². The topological polar surface area (TPSA) is 51.8 Å². The summed E-state index contributed by atoms with van der Waals surface area (Å²) >= 11 is 5.61. The summed E-state index contributed by atoms with van der Waals surface area (Å²) in [5.74, 6) is 0. The van der Waals surface area contributed by atoms with Crippen LogP contribution < -0.4 is 5.73 Å². The molecule has 1 atom stereocenters. The highest BCUT2D eigenvalue weighted by atomic mass is 35.5. The third-order valence-corrected chi connectivity index (χ3v) is 1.37. The van der Waals surface area contributed by atoms with E-state index in [4.69, 9.17) is 17.3 Å². The minimum absolute atomic E-state index is 0.0998. The van der Waals surface area contributed by atoms with E-state index in [1.54, 1.807) is 6.20 Å². The Hall–Kier alpha value is -0.670. The van der Waals surface area contributed by atoms with Crippen LogP contribution in [0.3, 0.4) is 0 Å². The largest absolute Gasteiger partial charge is 0.328 e. The maximum absolute atomic E-state index is 5.61. The molecule has 1 rings (SSSR count). The fourth-order valence-corrected chi connectivity index (χ4v) is 0.973. The Labute approximate surface area is 70.6 Å². The van der Waals surface area contributed by atoms with E-state index in [0.717, 1.165) is 5.69 Å². The number of hydrogen-bond acceptors (Lipinski definition) is 3. The maximum atomic E-state index is 5.61. The molecule has 60 valence electrons. The summed E-state index contributed by atoms with van der Waals surface area (Å²) in [4.78, 5) is 7.92. The first-order valence-corrected chi connectivity index (χ1v) is 3.78. The molecule has 1 aromatic rings. The Morgan fingerprint density at radius 1 is 1.64 bits per heavy atom. The Balaban J connectivity index is 2.71. The molecule has 0 saturated carbocycles. The van der Waals surface area contributed by atoms with Crippen LogP contribution in [0.2, 0.25) is 5.15 Å². The highest BCUT2D eigenvalue weighted by molar-refractivity contribution is 6.29. The van der Waals surface area contributed by atoms with Gasteiger partial charge in [0.1, 0.15) is 5.15 Å². The highest BCUT2D eigenvalue weighted by Crippen LogP contribution is 2.03. The average molecular weight is 172 g/mol. The first kappa shape index (κ1) is 8.43. The second-order valence-electron chi connectivity index (χ2n) is 2.51. The summed E-state index contributed by atoms with van der Waals surface area (Å²) in [6.07, 6.45) is 3.90. The molecule has 0 bridgehead atoms. The van der Waals surface area contributed by atoms with E-state index < -0.39 is 0 Å². The van der Waals surface area contributed by atoms with Crippen LogP contribution in [0.15, 0.2) is 12.4 Å². The van der Waals surface area contributed by atoms with Crippen LogP contribution in [0.25, 0.3) is 0 Å². The van der Waals surface area contributed by atoms with Gasteiger partial charge in [0.15, 0.2) is 0 Å². The molecule has 11 heavy (non-hydrogen) atoms. The number of rotatable bonds is 2. The van der Waals surface area contributed by atoms with Crippen molar-refractivity contribution in [1.29, 1.82) is 0 Å². The van der Waals surface area contributed by atoms with E-state index in [-0.39, 0.29) is 6.04 Å². The molecule has 0 aliphatic heterocycles. The Bertz CT molecular complexity index is 237. The minimum atomic E-state index is 0.0998. The molecule has 0 fully saturated rings. The van der Waals surface area contributed by atoms with Crippen molar-refractivity contribution in [2.75, 3.05) is 0 Å². The van der Waals surface area contributed by atoms with Crippen molar-refractivity contribution in [3.8, 4) is 0 Å². The van der Waals surface area contributed by atoms with Crippen LogP contribution in [0.1, 0.15) is 12.6 Å². The van der Waals surface area contributed by atoms with Crippen molar-refractivity contribution in [3.05, 3.63) is 23.2 Å². The van der Waals surface area contributed by atoms with Gasteiger partial charge in [0.25, 0.3) is 0 Å². The highest BCUT2D eigenvalue weighted by Gasteiger charge is 1.99. The molecule has 0 aliphatic carbocycles. The molecule has 0 radical (unpaired) electrons. The quantitative estimate of drug-likeness (QED) is 0.723. The van der Waals surface area contributed by atoms with Crippen molar-refractivity contribution >= 4 is 11.6 Å². The third kappa shape index (κ3) is 2.82. The SMILES string of the molecule is CC(N)Cc1cncc(Cl)n1. The number of halogens is 1. The third-order valence-electron chi connectivity index (χ3n) is 1.19. The van der Waals surface area contributed by atoms with Gasteiger partial charge in [0.2, 0.25) is 0 Å². The van der Waals surface area contributed by atoms with E-state index in [9.17, 15) is 0 Å². The molecule has 0 spiro atoms. The van der Waals surface area contributed by atoms with Crippen LogP contribution in [0.4, 0.5) is 0 Å². The predicted molar refractivity (Wildman–Crippen MR) is 44.4 cm³/mol. The zero-order valence-electron chi connectivity index (χ0n) is 6.29. The average Bonchev–Trinajstić information content (AvgIpc) is 1.85. The Kier molecular flexibility index (Phi) is 2.79. The predicted octanol–water partition coefficient (Wildman–Crippen LogP) is 1.02. The zero-order valence-corrected chi connectivity index (χ0v) is 7.04. The Morgan fingerprint density at radius 2 is 2.36 bits per heavy atom. The van der Waals surface area contributed by atoms with E-state index in [2.05, 4.69) is 9.97 Å². The lowest BCUT2D eigenvalue weighted by Crippen LogP contribution is -2.18. The lowest BCUT2D eigenvalue weighted by molar-refractivity contribution is 0.718. The Morgan fingerprint density at radius 3 is 2.91 bits per heavy atom. The maximum Gasteiger partial charge on any atom is 0.147 e. The molecule has 1 unspecified atom stereocenters. The first-order valence-electron chi connectivity index (χ1n) is 3.40. The van der Waals surface area contributed by atoms with Crippen LogP contribution >= 0.6 is 11.6 Å². The lowest BCUT2D eigenvalue weighted by atomic mass is 10.2. The van der Waals surface area contributed by atoms with Gasteiger partial charge in [-0.2, -0.15) is 0 Å². The van der Waals surface area contributed by atoms with Gasteiger partial charge in [-0.1, -0.05) is 11.6 Å². The van der Waals surface area contributed by atoms with Gasteiger partial charge in [-0.15, -0.1) is 0 Å². The molecule has 0 amide bonds. The van der Waals surface area contributed by atoms with Crippen molar-refractivity contribution in [2.24, 2.45) is 5.73 Å². The lowest BCUT2D eigenvalue weighted by Gasteiger charge is -2.02. The van der Waals surface area contributed by atoms with E-state index in [1.807, 2.05) is 6.92 Å². The van der Waals surface area contributed by atoms with Crippen LogP contribution in [-0.2, 0) is 6.42 Å². The molecule has 1 aromatic heterocycles. The molecular formula is C7H10ClN3. The first-order chi connectivity index (χ1) is 5.18. The molecule has 2 N–H and O–H groups in total. The van der Waals surface area contributed by atoms with E-state index in [0.29, 0.717) is 11.6 Å². The van der Waals surface area contributed by atoms with E-state index >= 15 is 0 Å². The second-order valence-corrected chi connectivity index (χ2v) is 2.90. The van der Waals surface area contributed by atoms with Gasteiger partial charge in [0.05, 0.1) is 11.9 Å². The standard InChI is InChI=1S/C7H10ClN3/c1-5(9)2-6-3-10-4-7(8)11-6/h3-5H,2,9H2,1H3. The van der Waals surface area contributed by atoms with Crippen molar-refractivity contribution in [2.45, 2.75) is 19.4 Å². The summed E-state index contributed by atoms with van der Waals surface area (Å²) in [6.45, 7) is 1.92. The minimum Gasteiger partial charge on any atom is -0.328 e. The van der Waals surface area contributed by atoms with Crippen LogP contribution in [0.5, 0.6) is 0 Å². The van der Waals surface area contributed by atoms with Gasteiger partial charge in [-0.05, 0) is 6.92 Å². The number of nitrogens with zero attached hydrogens (tertiary/aromatic N) is 2. The number of aromatic nitrogens is 2. The van der Waals surface area contributed by atoms with Crippen LogP contribution in [-0.4, -0.2) is 16.0 Å². The van der Waals surface area contributed by atoms with Gasteiger partial charge < -0.3 is 5.73 Å².